The zero-order valence-electron chi connectivity index (χ0n) is 15.4. The zero-order chi connectivity index (χ0) is 20.3. The SMILES string of the molecule is CS(=O)(=O)c1ccc([C@@H](CC2CCCC2)C(=O)Nc2c[nH]c(=S)cn2)cc1Cl. The van der Waals surface area contributed by atoms with Crippen molar-refractivity contribution in [2.75, 3.05) is 11.6 Å². The van der Waals surface area contributed by atoms with Gasteiger partial charge in [0.15, 0.2) is 9.84 Å². The maximum absolute atomic E-state index is 13.0. The number of hydrogen-bond donors (Lipinski definition) is 2. The van der Waals surface area contributed by atoms with Gasteiger partial charge in [-0.3, -0.25) is 4.79 Å². The number of carbonyl (C=O) groups excluding carboxylic acids is 1. The molecule has 2 aromatic rings. The van der Waals surface area contributed by atoms with E-state index < -0.39 is 15.8 Å². The molecular formula is C19H22ClN3O3S2. The summed E-state index contributed by atoms with van der Waals surface area (Å²) >= 11 is 11.2. The highest BCUT2D eigenvalue weighted by molar-refractivity contribution is 7.90. The minimum Gasteiger partial charge on any atom is -0.348 e. The lowest BCUT2D eigenvalue weighted by molar-refractivity contribution is -0.118. The zero-order valence-corrected chi connectivity index (χ0v) is 17.8. The number of rotatable bonds is 6. The van der Waals surface area contributed by atoms with Gasteiger partial charge >= 0.3 is 0 Å². The van der Waals surface area contributed by atoms with Crippen molar-refractivity contribution in [1.29, 1.82) is 0 Å². The number of benzene rings is 1. The van der Waals surface area contributed by atoms with Gasteiger partial charge in [-0.1, -0.05) is 55.6 Å². The molecule has 1 heterocycles. The molecule has 1 aliphatic rings. The third-order valence-electron chi connectivity index (χ3n) is 5.04. The molecule has 0 unspecified atom stereocenters. The van der Waals surface area contributed by atoms with Gasteiger partial charge in [-0.25, -0.2) is 13.4 Å². The summed E-state index contributed by atoms with van der Waals surface area (Å²) in [6.07, 6.45) is 9.34. The molecule has 1 amide bonds. The van der Waals surface area contributed by atoms with Gasteiger partial charge in [-0.15, -0.1) is 0 Å². The Morgan fingerprint density at radius 3 is 2.68 bits per heavy atom. The third kappa shape index (κ3) is 5.18. The fourth-order valence-electron chi connectivity index (χ4n) is 3.63. The molecule has 1 atom stereocenters. The average Bonchev–Trinajstić information content (AvgIpc) is 3.13. The molecule has 9 heteroatoms. The van der Waals surface area contributed by atoms with Crippen molar-refractivity contribution in [1.82, 2.24) is 9.97 Å². The molecule has 0 spiro atoms. The third-order valence-corrected chi connectivity index (χ3v) is 6.84. The highest BCUT2D eigenvalue weighted by Crippen LogP contribution is 2.36. The van der Waals surface area contributed by atoms with Crippen LogP contribution in [0.25, 0.3) is 0 Å². The maximum Gasteiger partial charge on any atom is 0.233 e. The Bertz CT molecular complexity index is 1010. The maximum atomic E-state index is 13.0. The second kappa shape index (κ2) is 8.71. The molecule has 1 fully saturated rings. The number of aromatic nitrogens is 2. The van der Waals surface area contributed by atoms with Gasteiger partial charge in [0.05, 0.1) is 22.0 Å². The molecule has 0 saturated heterocycles. The Morgan fingerprint density at radius 2 is 2.11 bits per heavy atom. The Balaban J connectivity index is 1.89. The molecule has 0 radical (unpaired) electrons. The smallest absolute Gasteiger partial charge is 0.233 e. The summed E-state index contributed by atoms with van der Waals surface area (Å²) in [5.74, 6) is 0.194. The number of hydrogen-bond acceptors (Lipinski definition) is 5. The molecular weight excluding hydrogens is 418 g/mol. The van der Waals surface area contributed by atoms with Crippen LogP contribution < -0.4 is 5.32 Å². The highest BCUT2D eigenvalue weighted by atomic mass is 35.5. The fraction of sp³-hybridized carbons (Fsp3) is 0.421. The predicted octanol–water partition coefficient (Wildman–Crippen LogP) is 4.50. The normalized spacial score (nSPS) is 16.1. The van der Waals surface area contributed by atoms with Gasteiger partial charge in [-0.05, 0) is 30.0 Å². The van der Waals surface area contributed by atoms with Crippen molar-refractivity contribution in [2.45, 2.75) is 42.9 Å². The van der Waals surface area contributed by atoms with Crippen LogP contribution in [0, 0.1) is 10.6 Å². The van der Waals surface area contributed by atoms with E-state index in [4.69, 9.17) is 23.8 Å². The van der Waals surface area contributed by atoms with Crippen LogP contribution in [0.5, 0.6) is 0 Å². The number of nitrogens with zero attached hydrogens (tertiary/aromatic N) is 1. The van der Waals surface area contributed by atoms with Crippen LogP contribution in [0.2, 0.25) is 5.02 Å². The van der Waals surface area contributed by atoms with E-state index in [0.29, 0.717) is 28.4 Å². The van der Waals surface area contributed by atoms with E-state index in [-0.39, 0.29) is 15.8 Å². The van der Waals surface area contributed by atoms with E-state index in [0.717, 1.165) is 19.1 Å². The Kier molecular flexibility index (Phi) is 6.52. The van der Waals surface area contributed by atoms with E-state index in [1.165, 1.54) is 25.1 Å². The number of H-pyrrole nitrogens is 1. The van der Waals surface area contributed by atoms with Gasteiger partial charge in [0, 0.05) is 12.5 Å². The monoisotopic (exact) mass is 439 g/mol. The van der Waals surface area contributed by atoms with E-state index >= 15 is 0 Å². The molecule has 1 aromatic heterocycles. The van der Waals surface area contributed by atoms with E-state index in [1.54, 1.807) is 18.3 Å². The first-order chi connectivity index (χ1) is 13.2. The second-order valence-corrected chi connectivity index (χ2v) is 10.0. The van der Waals surface area contributed by atoms with Crippen LogP contribution in [-0.4, -0.2) is 30.5 Å². The summed E-state index contributed by atoms with van der Waals surface area (Å²) < 4.78 is 24.1. The molecule has 28 heavy (non-hydrogen) atoms. The van der Waals surface area contributed by atoms with Crippen molar-refractivity contribution in [3.8, 4) is 0 Å². The van der Waals surface area contributed by atoms with Crippen LogP contribution in [0.1, 0.15) is 43.6 Å². The first kappa shape index (κ1) is 21.0. The Morgan fingerprint density at radius 1 is 1.39 bits per heavy atom. The lowest BCUT2D eigenvalue weighted by Gasteiger charge is -2.21. The van der Waals surface area contributed by atoms with Crippen molar-refractivity contribution in [3.63, 3.8) is 0 Å². The molecule has 1 aromatic carbocycles. The summed E-state index contributed by atoms with van der Waals surface area (Å²) in [5, 5.41) is 2.95. The van der Waals surface area contributed by atoms with E-state index in [2.05, 4.69) is 15.3 Å². The Labute approximate surface area is 174 Å². The second-order valence-electron chi connectivity index (χ2n) is 7.19. The van der Waals surface area contributed by atoms with Crippen LogP contribution in [0.3, 0.4) is 0 Å². The number of amides is 1. The molecule has 0 aliphatic heterocycles. The standard InChI is InChI=1S/C19H22ClN3O3S2/c1-28(25,26)16-7-6-13(9-15(16)20)14(8-12-4-2-3-5-12)19(24)23-17-10-22-18(27)11-21-17/h6-7,9-12,14H,2-5,8H2,1H3,(H,22,27)(H,21,23,24)/t14-/m1/s1. The fourth-order valence-corrected chi connectivity index (χ4v) is 5.08. The lowest BCUT2D eigenvalue weighted by Crippen LogP contribution is -2.24. The summed E-state index contributed by atoms with van der Waals surface area (Å²) in [6, 6.07) is 4.73. The van der Waals surface area contributed by atoms with Crippen LogP contribution in [0.4, 0.5) is 5.82 Å². The molecule has 6 nitrogen and oxygen atoms in total. The van der Waals surface area contributed by atoms with Crippen molar-refractivity contribution < 1.29 is 13.2 Å². The minimum absolute atomic E-state index is 0.0650. The molecule has 0 bridgehead atoms. The number of sulfone groups is 1. The van der Waals surface area contributed by atoms with Crippen molar-refractivity contribution in [2.24, 2.45) is 5.92 Å². The quantitative estimate of drug-likeness (QED) is 0.646. The van der Waals surface area contributed by atoms with E-state index in [9.17, 15) is 13.2 Å². The summed E-state index contributed by atoms with van der Waals surface area (Å²) in [4.78, 5) is 20.0. The molecule has 2 N–H and O–H groups in total. The first-order valence-electron chi connectivity index (χ1n) is 9.09. The lowest BCUT2D eigenvalue weighted by atomic mass is 9.87. The Hall–Kier alpha value is -1.77. The highest BCUT2D eigenvalue weighted by Gasteiger charge is 2.28. The van der Waals surface area contributed by atoms with Crippen molar-refractivity contribution in [3.05, 3.63) is 45.8 Å². The number of halogens is 1. The van der Waals surface area contributed by atoms with Gasteiger partial charge in [0.2, 0.25) is 5.91 Å². The van der Waals surface area contributed by atoms with Crippen LogP contribution in [-0.2, 0) is 14.6 Å². The molecule has 1 aliphatic carbocycles. The molecule has 150 valence electrons. The summed E-state index contributed by atoms with van der Waals surface area (Å²) in [5.41, 5.74) is 0.700. The van der Waals surface area contributed by atoms with E-state index in [1.807, 2.05) is 0 Å². The number of carbonyl (C=O) groups is 1. The number of anilines is 1. The predicted molar refractivity (Wildman–Crippen MR) is 112 cm³/mol. The van der Waals surface area contributed by atoms with Gasteiger partial charge in [0.1, 0.15) is 10.5 Å². The van der Waals surface area contributed by atoms with Crippen LogP contribution in [0.15, 0.2) is 35.5 Å². The first-order valence-corrected chi connectivity index (χ1v) is 11.8. The van der Waals surface area contributed by atoms with Gasteiger partial charge in [-0.2, -0.15) is 0 Å². The number of aromatic amines is 1. The minimum atomic E-state index is -3.43. The van der Waals surface area contributed by atoms with Crippen LogP contribution >= 0.6 is 23.8 Å². The van der Waals surface area contributed by atoms with Crippen molar-refractivity contribution >= 4 is 45.4 Å². The molecule has 1 saturated carbocycles. The topological polar surface area (TPSA) is 91.9 Å². The summed E-state index contributed by atoms with van der Waals surface area (Å²) in [6.45, 7) is 0. The largest absolute Gasteiger partial charge is 0.348 e. The average molecular weight is 440 g/mol. The van der Waals surface area contributed by atoms with Gasteiger partial charge in [0.25, 0.3) is 0 Å². The number of nitrogens with one attached hydrogen (secondary N) is 2. The molecule has 3 rings (SSSR count). The summed E-state index contributed by atoms with van der Waals surface area (Å²) in [7, 11) is -3.43. The van der Waals surface area contributed by atoms with Gasteiger partial charge < -0.3 is 10.3 Å².